The van der Waals surface area contributed by atoms with Crippen LogP contribution in [0.15, 0.2) is 84.9 Å². The monoisotopic (exact) mass is 424 g/mol. The molecule has 4 nitrogen and oxygen atoms in total. The minimum Gasteiger partial charge on any atom is -0.339 e. The van der Waals surface area contributed by atoms with Gasteiger partial charge in [0.25, 0.3) is 0 Å². The number of anilines is 2. The number of hydrogen-bond donors (Lipinski definition) is 1. The Morgan fingerprint density at radius 1 is 0.871 bits per heavy atom. The van der Waals surface area contributed by atoms with Gasteiger partial charge in [-0.15, -0.1) is 0 Å². The highest BCUT2D eigenvalue weighted by atomic mass is 32.1. The number of unbranched alkanes of at least 4 members (excludes halogenated alkanes) is 1. The lowest BCUT2D eigenvalue weighted by molar-refractivity contribution is 0.649. The summed E-state index contributed by atoms with van der Waals surface area (Å²) in [5.41, 5.74) is 4.09. The van der Waals surface area contributed by atoms with Crippen molar-refractivity contribution < 1.29 is 0 Å². The fourth-order valence-electron chi connectivity index (χ4n) is 4.01. The number of benzene rings is 3. The molecule has 0 aliphatic carbocycles. The minimum absolute atomic E-state index is 0.770. The van der Waals surface area contributed by atoms with Gasteiger partial charge in [-0.3, -0.25) is 4.40 Å². The highest BCUT2D eigenvalue weighted by Crippen LogP contribution is 2.33. The highest BCUT2D eigenvalue weighted by Gasteiger charge is 2.19. The maximum Gasteiger partial charge on any atom is 0.217 e. The largest absolute Gasteiger partial charge is 0.339 e. The average molecular weight is 425 g/mol. The Kier molecular flexibility index (Phi) is 5.26. The summed E-state index contributed by atoms with van der Waals surface area (Å²) in [4.78, 5) is 5.14. The van der Waals surface area contributed by atoms with E-state index in [1.165, 1.54) is 0 Å². The molecule has 0 fully saturated rings. The first kappa shape index (κ1) is 19.5. The Hall–Kier alpha value is -3.44. The molecule has 0 saturated heterocycles. The van der Waals surface area contributed by atoms with E-state index in [4.69, 9.17) is 17.2 Å². The van der Waals surface area contributed by atoms with Crippen molar-refractivity contribution in [2.75, 3.05) is 5.32 Å². The molecular weight excluding hydrogens is 400 g/mol. The van der Waals surface area contributed by atoms with E-state index in [9.17, 15) is 0 Å². The van der Waals surface area contributed by atoms with Crippen LogP contribution >= 0.6 is 12.2 Å². The predicted molar refractivity (Wildman–Crippen MR) is 132 cm³/mol. The Morgan fingerprint density at radius 3 is 2.29 bits per heavy atom. The molecule has 5 aromatic rings. The maximum absolute atomic E-state index is 6.00. The molecule has 5 rings (SSSR count). The van der Waals surface area contributed by atoms with Crippen molar-refractivity contribution in [1.82, 2.24) is 14.0 Å². The molecule has 0 amide bonds. The molecule has 5 heteroatoms. The van der Waals surface area contributed by atoms with Crippen molar-refractivity contribution in [1.29, 1.82) is 0 Å². The molecule has 0 bridgehead atoms. The van der Waals surface area contributed by atoms with Crippen LogP contribution in [0.5, 0.6) is 0 Å². The van der Waals surface area contributed by atoms with Crippen LogP contribution in [-0.2, 0) is 6.54 Å². The van der Waals surface area contributed by atoms with Crippen LogP contribution in [-0.4, -0.2) is 14.0 Å². The van der Waals surface area contributed by atoms with Gasteiger partial charge in [-0.1, -0.05) is 86.2 Å². The average Bonchev–Trinajstić information content (AvgIpc) is 3.19. The smallest absolute Gasteiger partial charge is 0.217 e. The number of hydrogen-bond acceptors (Lipinski definition) is 3. The zero-order chi connectivity index (χ0) is 21.2. The first-order valence-electron chi connectivity index (χ1n) is 10.7. The summed E-state index contributed by atoms with van der Waals surface area (Å²) in [5.74, 6) is 1.77. The third-order valence-electron chi connectivity index (χ3n) is 5.55. The normalized spacial score (nSPS) is 11.3. The Labute approximate surface area is 186 Å². The molecule has 31 heavy (non-hydrogen) atoms. The summed E-state index contributed by atoms with van der Waals surface area (Å²) in [5, 5.41) is 4.67. The maximum atomic E-state index is 6.00. The second-order valence-corrected chi connectivity index (χ2v) is 8.02. The van der Waals surface area contributed by atoms with Gasteiger partial charge in [-0.2, -0.15) is 0 Å². The third kappa shape index (κ3) is 3.51. The summed E-state index contributed by atoms with van der Waals surface area (Å²) in [6.07, 6.45) is 2.20. The standard InChI is InChI=1S/C26H24N4S/c1-2-3-18-29-22-17-11-10-16-21(22)25(31)30-24(27-20-14-8-5-9-15-20)23(28-26(29)30)19-12-6-4-7-13-19/h4-17,27H,2-3,18H2,1H3. The van der Waals surface area contributed by atoms with Gasteiger partial charge < -0.3 is 9.88 Å². The van der Waals surface area contributed by atoms with E-state index in [0.29, 0.717) is 0 Å². The Bertz CT molecular complexity index is 1400. The number of aryl methyl sites for hydroxylation is 1. The van der Waals surface area contributed by atoms with Gasteiger partial charge in [-0.25, -0.2) is 4.98 Å². The Morgan fingerprint density at radius 2 is 1.55 bits per heavy atom. The number of para-hydroxylation sites is 2. The molecule has 0 aliphatic rings. The number of rotatable bonds is 6. The summed E-state index contributed by atoms with van der Waals surface area (Å²) < 4.78 is 5.17. The topological polar surface area (TPSA) is 34.3 Å². The second-order valence-electron chi connectivity index (χ2n) is 7.63. The van der Waals surface area contributed by atoms with Crippen molar-refractivity contribution in [3.05, 3.63) is 89.6 Å². The molecule has 154 valence electrons. The zero-order valence-electron chi connectivity index (χ0n) is 17.5. The molecule has 2 aromatic heterocycles. The van der Waals surface area contributed by atoms with Crippen LogP contribution in [0.25, 0.3) is 27.9 Å². The molecule has 0 spiro atoms. The molecule has 2 heterocycles. The summed E-state index contributed by atoms with van der Waals surface area (Å²) in [7, 11) is 0. The third-order valence-corrected chi connectivity index (χ3v) is 5.95. The number of fused-ring (bicyclic) bond motifs is 2. The van der Waals surface area contributed by atoms with Gasteiger partial charge in [0.15, 0.2) is 0 Å². The van der Waals surface area contributed by atoms with E-state index in [0.717, 1.165) is 63.5 Å². The molecular formula is C26H24N4S. The molecule has 1 N–H and O–H groups in total. The lowest BCUT2D eigenvalue weighted by Gasteiger charge is -2.15. The summed E-state index contributed by atoms with van der Waals surface area (Å²) in [6.45, 7) is 3.11. The molecule has 0 unspecified atom stereocenters. The van der Waals surface area contributed by atoms with E-state index in [-0.39, 0.29) is 0 Å². The summed E-state index contributed by atoms with van der Waals surface area (Å²) >= 11 is 6.00. The number of imidazole rings is 1. The van der Waals surface area contributed by atoms with Gasteiger partial charge in [-0.05, 0) is 30.7 Å². The lowest BCUT2D eigenvalue weighted by Crippen LogP contribution is -2.08. The Balaban J connectivity index is 1.87. The number of nitrogens with zero attached hydrogens (tertiary/aromatic N) is 3. The van der Waals surface area contributed by atoms with Crippen LogP contribution in [0.3, 0.4) is 0 Å². The van der Waals surface area contributed by atoms with Crippen LogP contribution in [0, 0.1) is 4.64 Å². The fourth-order valence-corrected chi connectivity index (χ4v) is 4.35. The van der Waals surface area contributed by atoms with E-state index < -0.39 is 0 Å². The zero-order valence-corrected chi connectivity index (χ0v) is 18.3. The fraction of sp³-hybridized carbons (Fsp3) is 0.154. The van der Waals surface area contributed by atoms with E-state index in [1.807, 2.05) is 42.5 Å². The van der Waals surface area contributed by atoms with Crippen molar-refractivity contribution in [2.24, 2.45) is 0 Å². The second kappa shape index (κ2) is 8.36. The first-order valence-corrected chi connectivity index (χ1v) is 11.1. The van der Waals surface area contributed by atoms with Crippen molar-refractivity contribution in [2.45, 2.75) is 26.3 Å². The van der Waals surface area contributed by atoms with E-state index in [2.05, 4.69) is 63.7 Å². The molecule has 3 aromatic carbocycles. The predicted octanol–water partition coefficient (Wildman–Crippen LogP) is 7.23. The quantitative estimate of drug-likeness (QED) is 0.292. The number of aromatic nitrogens is 3. The van der Waals surface area contributed by atoms with Crippen LogP contribution in [0.2, 0.25) is 0 Å². The SMILES string of the molecule is CCCCn1c2ccccc2c(=S)n2c(Nc3ccccc3)c(-c3ccccc3)nc12. The highest BCUT2D eigenvalue weighted by molar-refractivity contribution is 7.71. The van der Waals surface area contributed by atoms with Crippen molar-refractivity contribution in [3.63, 3.8) is 0 Å². The van der Waals surface area contributed by atoms with Gasteiger partial charge in [0.2, 0.25) is 5.78 Å². The van der Waals surface area contributed by atoms with Crippen molar-refractivity contribution >= 4 is 40.4 Å². The van der Waals surface area contributed by atoms with Crippen molar-refractivity contribution in [3.8, 4) is 11.3 Å². The van der Waals surface area contributed by atoms with Crippen LogP contribution < -0.4 is 5.32 Å². The summed E-state index contributed by atoms with van der Waals surface area (Å²) in [6, 6.07) is 28.9. The molecule has 0 radical (unpaired) electrons. The molecule has 0 aliphatic heterocycles. The number of nitrogens with one attached hydrogen (secondary N) is 1. The first-order chi connectivity index (χ1) is 15.3. The molecule has 0 saturated carbocycles. The minimum atomic E-state index is 0.770. The van der Waals surface area contributed by atoms with Gasteiger partial charge >= 0.3 is 0 Å². The van der Waals surface area contributed by atoms with E-state index >= 15 is 0 Å². The molecule has 0 atom stereocenters. The van der Waals surface area contributed by atoms with Crippen LogP contribution in [0.4, 0.5) is 11.5 Å². The van der Waals surface area contributed by atoms with Crippen LogP contribution in [0.1, 0.15) is 19.8 Å². The van der Waals surface area contributed by atoms with Gasteiger partial charge in [0.1, 0.15) is 16.2 Å². The van der Waals surface area contributed by atoms with Gasteiger partial charge in [0.05, 0.1) is 5.52 Å². The van der Waals surface area contributed by atoms with E-state index in [1.54, 1.807) is 0 Å². The van der Waals surface area contributed by atoms with Gasteiger partial charge in [0, 0.05) is 23.2 Å². The lowest BCUT2D eigenvalue weighted by atomic mass is 10.1.